The molecular weight excluding hydrogens is 257 g/mol. The van der Waals surface area contributed by atoms with Gasteiger partial charge in [-0.15, -0.1) is 0 Å². The van der Waals surface area contributed by atoms with E-state index in [-0.39, 0.29) is 11.7 Å². The summed E-state index contributed by atoms with van der Waals surface area (Å²) in [7, 11) is 2.06. The zero-order valence-electron chi connectivity index (χ0n) is 12.7. The summed E-state index contributed by atoms with van der Waals surface area (Å²) in [4.78, 5) is 15.2. The van der Waals surface area contributed by atoms with Gasteiger partial charge in [0.15, 0.2) is 0 Å². The molecule has 1 fully saturated rings. The van der Waals surface area contributed by atoms with Gasteiger partial charge in [0.25, 0.3) is 0 Å². The van der Waals surface area contributed by atoms with Crippen LogP contribution >= 0.6 is 0 Å². The second-order valence-corrected chi connectivity index (χ2v) is 4.64. The van der Waals surface area contributed by atoms with Crippen molar-refractivity contribution < 1.29 is 9.18 Å². The van der Waals surface area contributed by atoms with Gasteiger partial charge in [0.05, 0.1) is 5.69 Å². The summed E-state index contributed by atoms with van der Waals surface area (Å²) < 4.78 is 14.0. The highest BCUT2D eigenvalue weighted by atomic mass is 19.1. The van der Waals surface area contributed by atoms with Crippen LogP contribution < -0.4 is 10.2 Å². The van der Waals surface area contributed by atoms with E-state index in [1.165, 1.54) is 13.0 Å². The highest BCUT2D eigenvalue weighted by Crippen LogP contribution is 2.23. The van der Waals surface area contributed by atoms with Crippen LogP contribution in [0.2, 0.25) is 0 Å². The maximum atomic E-state index is 14.0. The van der Waals surface area contributed by atoms with E-state index in [1.54, 1.807) is 12.1 Å². The van der Waals surface area contributed by atoms with E-state index in [2.05, 4.69) is 17.3 Å². The molecule has 1 aromatic rings. The van der Waals surface area contributed by atoms with E-state index in [1.807, 2.05) is 18.7 Å². The number of likely N-dealkylation sites (N-methyl/N-ethyl adjacent to an activating group) is 1. The molecular formula is C15H24FN3O. The van der Waals surface area contributed by atoms with Crippen molar-refractivity contribution in [1.29, 1.82) is 0 Å². The van der Waals surface area contributed by atoms with Crippen LogP contribution in [0.15, 0.2) is 18.2 Å². The maximum Gasteiger partial charge on any atom is 0.221 e. The van der Waals surface area contributed by atoms with Crippen LogP contribution in [0.4, 0.5) is 15.8 Å². The van der Waals surface area contributed by atoms with Crippen molar-refractivity contribution in [3.05, 3.63) is 24.0 Å². The molecule has 0 bridgehead atoms. The van der Waals surface area contributed by atoms with E-state index in [4.69, 9.17) is 0 Å². The average Bonchev–Trinajstić information content (AvgIpc) is 2.42. The second kappa shape index (κ2) is 7.85. The topological polar surface area (TPSA) is 35.6 Å². The number of anilines is 2. The Morgan fingerprint density at radius 2 is 1.80 bits per heavy atom. The highest BCUT2D eigenvalue weighted by Gasteiger charge is 2.17. The molecule has 20 heavy (non-hydrogen) atoms. The second-order valence-electron chi connectivity index (χ2n) is 4.64. The number of hydrogen-bond donors (Lipinski definition) is 1. The molecule has 4 nitrogen and oxygen atoms in total. The summed E-state index contributed by atoms with van der Waals surface area (Å²) >= 11 is 0. The number of piperazine rings is 1. The lowest BCUT2D eigenvalue weighted by Gasteiger charge is -2.34. The third-order valence-electron chi connectivity index (χ3n) is 3.11. The fraction of sp³-hybridized carbons (Fsp3) is 0.533. The van der Waals surface area contributed by atoms with E-state index in [9.17, 15) is 9.18 Å². The van der Waals surface area contributed by atoms with Crippen molar-refractivity contribution in [2.45, 2.75) is 20.8 Å². The lowest BCUT2D eigenvalue weighted by molar-refractivity contribution is -0.114. The first-order valence-electron chi connectivity index (χ1n) is 7.07. The summed E-state index contributed by atoms with van der Waals surface area (Å²) in [6.07, 6.45) is 0. The molecule has 0 saturated carbocycles. The fourth-order valence-corrected chi connectivity index (χ4v) is 2.09. The molecule has 0 spiro atoms. The van der Waals surface area contributed by atoms with Gasteiger partial charge in [0.2, 0.25) is 5.91 Å². The molecule has 1 aromatic carbocycles. The van der Waals surface area contributed by atoms with Crippen LogP contribution in [0.25, 0.3) is 0 Å². The van der Waals surface area contributed by atoms with Crippen LogP contribution in [0, 0.1) is 5.82 Å². The van der Waals surface area contributed by atoms with Gasteiger partial charge in [-0.05, 0) is 25.2 Å². The van der Waals surface area contributed by atoms with Gasteiger partial charge in [0.1, 0.15) is 5.82 Å². The van der Waals surface area contributed by atoms with Crippen LogP contribution in [0.5, 0.6) is 0 Å². The molecule has 112 valence electrons. The average molecular weight is 281 g/mol. The number of rotatable bonds is 2. The quantitative estimate of drug-likeness (QED) is 0.905. The van der Waals surface area contributed by atoms with Gasteiger partial charge in [-0.25, -0.2) is 4.39 Å². The van der Waals surface area contributed by atoms with Crippen molar-refractivity contribution in [2.24, 2.45) is 0 Å². The normalized spacial score (nSPS) is 15.3. The van der Waals surface area contributed by atoms with Crippen molar-refractivity contribution in [1.82, 2.24) is 4.90 Å². The van der Waals surface area contributed by atoms with E-state index >= 15 is 0 Å². The number of carbonyl (C=O) groups excluding carboxylic acids is 1. The first-order valence-corrected chi connectivity index (χ1v) is 7.07. The number of benzene rings is 1. The minimum absolute atomic E-state index is 0.193. The van der Waals surface area contributed by atoms with Crippen molar-refractivity contribution in [2.75, 3.05) is 43.4 Å². The molecule has 1 aliphatic rings. The Kier molecular flexibility index (Phi) is 6.45. The van der Waals surface area contributed by atoms with Gasteiger partial charge >= 0.3 is 0 Å². The molecule has 0 aliphatic carbocycles. The minimum Gasteiger partial charge on any atom is -0.367 e. The van der Waals surface area contributed by atoms with Gasteiger partial charge in [0, 0.05) is 38.8 Å². The molecule has 5 heteroatoms. The Morgan fingerprint density at radius 1 is 1.20 bits per heavy atom. The molecule has 0 atom stereocenters. The molecule has 1 saturated heterocycles. The lowest BCUT2D eigenvalue weighted by Crippen LogP contribution is -2.44. The Morgan fingerprint density at radius 3 is 2.30 bits per heavy atom. The molecule has 2 rings (SSSR count). The van der Waals surface area contributed by atoms with E-state index in [0.717, 1.165) is 26.2 Å². The number of nitrogens with one attached hydrogen (secondary N) is 1. The Hall–Kier alpha value is -1.62. The Labute approximate surface area is 120 Å². The van der Waals surface area contributed by atoms with Gasteiger partial charge in [-0.2, -0.15) is 0 Å². The predicted octanol–water partition coefficient (Wildman–Crippen LogP) is 2.56. The smallest absolute Gasteiger partial charge is 0.221 e. The third-order valence-corrected chi connectivity index (χ3v) is 3.11. The standard InChI is InChI=1S/C13H18FN3O.C2H6/c1-10(18)15-11-3-4-13(12(14)9-11)17-7-5-16(2)6-8-17;1-2/h3-4,9H,5-8H2,1-2H3,(H,15,18);1-2H3. The summed E-state index contributed by atoms with van der Waals surface area (Å²) in [5.74, 6) is -0.479. The van der Waals surface area contributed by atoms with Crippen molar-refractivity contribution in [3.8, 4) is 0 Å². The lowest BCUT2D eigenvalue weighted by atomic mass is 10.2. The number of nitrogens with zero attached hydrogens (tertiary/aromatic N) is 2. The van der Waals surface area contributed by atoms with Crippen LogP contribution in [-0.4, -0.2) is 44.0 Å². The van der Waals surface area contributed by atoms with Gasteiger partial charge in [-0.1, -0.05) is 13.8 Å². The van der Waals surface area contributed by atoms with Crippen LogP contribution in [0.3, 0.4) is 0 Å². The molecule has 0 unspecified atom stereocenters. The molecule has 1 amide bonds. The number of halogens is 1. The first-order chi connectivity index (χ1) is 9.56. The third kappa shape index (κ3) is 4.49. The molecule has 1 heterocycles. The number of amides is 1. The van der Waals surface area contributed by atoms with E-state index < -0.39 is 0 Å². The Bertz CT molecular complexity index is 443. The van der Waals surface area contributed by atoms with Crippen molar-refractivity contribution >= 4 is 17.3 Å². The Balaban J connectivity index is 0.000000956. The number of hydrogen-bond acceptors (Lipinski definition) is 3. The predicted molar refractivity (Wildman–Crippen MR) is 81.8 cm³/mol. The summed E-state index contributed by atoms with van der Waals surface area (Å²) in [5, 5.41) is 2.58. The summed E-state index contributed by atoms with van der Waals surface area (Å²) in [5.41, 5.74) is 1.11. The van der Waals surface area contributed by atoms with Crippen LogP contribution in [0.1, 0.15) is 20.8 Å². The van der Waals surface area contributed by atoms with Gasteiger partial charge in [-0.3, -0.25) is 4.79 Å². The molecule has 1 N–H and O–H groups in total. The zero-order valence-corrected chi connectivity index (χ0v) is 12.7. The van der Waals surface area contributed by atoms with Gasteiger partial charge < -0.3 is 15.1 Å². The maximum absolute atomic E-state index is 14.0. The first kappa shape index (κ1) is 16.4. The van der Waals surface area contributed by atoms with E-state index in [0.29, 0.717) is 11.4 Å². The fourth-order valence-electron chi connectivity index (χ4n) is 2.09. The monoisotopic (exact) mass is 281 g/mol. The molecule has 0 aromatic heterocycles. The largest absolute Gasteiger partial charge is 0.367 e. The minimum atomic E-state index is -0.286. The SMILES string of the molecule is CC.CC(=O)Nc1ccc(N2CCN(C)CC2)c(F)c1. The summed E-state index contributed by atoms with van der Waals surface area (Å²) in [6, 6.07) is 4.83. The highest BCUT2D eigenvalue weighted by molar-refractivity contribution is 5.88. The zero-order chi connectivity index (χ0) is 15.1. The molecule has 0 radical (unpaired) electrons. The summed E-state index contributed by atoms with van der Waals surface area (Å²) in [6.45, 7) is 8.94. The van der Waals surface area contributed by atoms with Crippen molar-refractivity contribution in [3.63, 3.8) is 0 Å². The number of carbonyl (C=O) groups is 1. The van der Waals surface area contributed by atoms with Crippen LogP contribution in [-0.2, 0) is 4.79 Å². The molecule has 1 aliphatic heterocycles.